The van der Waals surface area contributed by atoms with Crippen molar-refractivity contribution in [1.29, 1.82) is 0 Å². The van der Waals surface area contributed by atoms with Crippen molar-refractivity contribution >= 4 is 7.82 Å². The molecule has 0 saturated heterocycles. The minimum atomic E-state index is -4.27. The predicted molar refractivity (Wildman–Crippen MR) is 70.1 cm³/mol. The molecule has 4 nitrogen and oxygen atoms in total. The zero-order valence-electron chi connectivity index (χ0n) is 11.3. The molecular weight excluding hydrogens is 286 g/mol. The molecule has 0 saturated carbocycles. The van der Waals surface area contributed by atoms with Gasteiger partial charge in [-0.3, -0.25) is 4.57 Å². The molecule has 0 fully saturated rings. The third-order valence-corrected chi connectivity index (χ3v) is 3.35. The molecule has 0 atom stereocenters. The summed E-state index contributed by atoms with van der Waals surface area (Å²) in [6, 6.07) is 18.1. The Kier molecular flexibility index (Phi) is 7.70. The van der Waals surface area contributed by atoms with E-state index in [4.69, 9.17) is 9.05 Å². The fourth-order valence-corrected chi connectivity index (χ4v) is 2.18. The van der Waals surface area contributed by atoms with Crippen LogP contribution < -0.4 is 34.5 Å². The average molecular weight is 300 g/mol. The van der Waals surface area contributed by atoms with Crippen molar-refractivity contribution in [3.8, 4) is 0 Å². The quantitative estimate of drug-likeness (QED) is 0.552. The zero-order chi connectivity index (χ0) is 13.6. The van der Waals surface area contributed by atoms with Crippen LogP contribution in [0.2, 0.25) is 0 Å². The van der Waals surface area contributed by atoms with Gasteiger partial charge >= 0.3 is 29.6 Å². The summed E-state index contributed by atoms with van der Waals surface area (Å²) in [4.78, 5) is 11.6. The molecule has 0 amide bonds. The van der Waals surface area contributed by atoms with E-state index < -0.39 is 7.82 Å². The largest absolute Gasteiger partial charge is 1.00 e. The van der Waals surface area contributed by atoms with Crippen molar-refractivity contribution in [2.45, 2.75) is 13.2 Å². The average Bonchev–Trinajstić information content (AvgIpc) is 2.46. The third kappa shape index (κ3) is 6.33. The summed E-state index contributed by atoms with van der Waals surface area (Å²) < 4.78 is 21.2. The number of rotatable bonds is 6. The molecule has 0 aliphatic carbocycles. The first-order valence-electron chi connectivity index (χ1n) is 5.84. The normalized spacial score (nSPS) is 10.8. The van der Waals surface area contributed by atoms with Gasteiger partial charge in [0.15, 0.2) is 0 Å². The van der Waals surface area contributed by atoms with E-state index in [2.05, 4.69) is 0 Å². The second-order valence-electron chi connectivity index (χ2n) is 3.97. The number of hydrogen-bond donors (Lipinski definition) is 0. The molecule has 6 heteroatoms. The Morgan fingerprint density at radius 2 is 1.15 bits per heavy atom. The molecule has 0 spiro atoms. The van der Waals surface area contributed by atoms with Gasteiger partial charge < -0.3 is 13.9 Å². The second kappa shape index (κ2) is 8.75. The Morgan fingerprint density at radius 3 is 1.50 bits per heavy atom. The van der Waals surface area contributed by atoms with Gasteiger partial charge in [-0.2, -0.15) is 0 Å². The minimum Gasteiger partial charge on any atom is -0.756 e. The van der Waals surface area contributed by atoms with Crippen LogP contribution in [-0.4, -0.2) is 0 Å². The Morgan fingerprint density at radius 1 is 0.800 bits per heavy atom. The van der Waals surface area contributed by atoms with Crippen LogP contribution in [0.3, 0.4) is 0 Å². The number of phosphoric acid groups is 1. The van der Waals surface area contributed by atoms with E-state index in [0.29, 0.717) is 0 Å². The first-order chi connectivity index (χ1) is 9.16. The minimum absolute atomic E-state index is 0. The van der Waals surface area contributed by atoms with Crippen molar-refractivity contribution in [3.63, 3.8) is 0 Å². The fraction of sp³-hybridized carbons (Fsp3) is 0.143. The molecular formula is C14H14NaO4P. The van der Waals surface area contributed by atoms with Gasteiger partial charge in [-0.05, 0) is 11.1 Å². The van der Waals surface area contributed by atoms with E-state index in [1.165, 1.54) is 0 Å². The van der Waals surface area contributed by atoms with Crippen LogP contribution >= 0.6 is 7.82 Å². The molecule has 0 aliphatic heterocycles. The Bertz CT molecular complexity index is 500. The van der Waals surface area contributed by atoms with Gasteiger partial charge in [0.25, 0.3) is 7.82 Å². The molecule has 2 aromatic carbocycles. The van der Waals surface area contributed by atoms with Crippen molar-refractivity contribution in [3.05, 3.63) is 71.8 Å². The SMILES string of the molecule is O=P([O-])(OCc1ccccc1)OCc1ccccc1.[Na+]. The predicted octanol–water partition coefficient (Wildman–Crippen LogP) is -0.108. The third-order valence-electron chi connectivity index (χ3n) is 2.46. The van der Waals surface area contributed by atoms with Crippen LogP contribution in [0, 0.1) is 0 Å². The molecule has 0 radical (unpaired) electrons. The van der Waals surface area contributed by atoms with Crippen LogP contribution in [-0.2, 0) is 26.8 Å². The first kappa shape index (κ1) is 17.6. The molecule has 0 bridgehead atoms. The van der Waals surface area contributed by atoms with Crippen molar-refractivity contribution in [1.82, 2.24) is 0 Å². The topological polar surface area (TPSA) is 58.6 Å². The van der Waals surface area contributed by atoms with Crippen molar-refractivity contribution in [2.24, 2.45) is 0 Å². The van der Waals surface area contributed by atoms with Crippen LogP contribution in [0.5, 0.6) is 0 Å². The van der Waals surface area contributed by atoms with Crippen molar-refractivity contribution in [2.75, 3.05) is 0 Å². The van der Waals surface area contributed by atoms with E-state index in [9.17, 15) is 9.46 Å². The van der Waals surface area contributed by atoms with Crippen LogP contribution in [0.15, 0.2) is 60.7 Å². The van der Waals surface area contributed by atoms with Gasteiger partial charge in [0.05, 0.1) is 13.2 Å². The smallest absolute Gasteiger partial charge is 0.756 e. The Labute approximate surface area is 140 Å². The van der Waals surface area contributed by atoms with E-state index in [1.54, 1.807) is 24.3 Å². The van der Waals surface area contributed by atoms with Crippen molar-refractivity contribution < 1.29 is 48.1 Å². The standard InChI is InChI=1S/C14H15O4P.Na/c15-19(16,17-11-13-7-3-1-4-8-13)18-12-14-9-5-2-6-10-14;/h1-10H,11-12H2,(H,15,16);/q;+1/p-1. The maximum absolute atomic E-state index is 11.6. The summed E-state index contributed by atoms with van der Waals surface area (Å²) in [6.07, 6.45) is 0. The van der Waals surface area contributed by atoms with E-state index in [-0.39, 0.29) is 42.8 Å². The second-order valence-corrected chi connectivity index (χ2v) is 5.38. The molecule has 0 aromatic heterocycles. The van der Waals surface area contributed by atoms with Crippen LogP contribution in [0.25, 0.3) is 0 Å². The molecule has 2 rings (SSSR count). The number of phosphoric ester groups is 1. The van der Waals surface area contributed by atoms with Gasteiger partial charge in [-0.1, -0.05) is 60.7 Å². The molecule has 20 heavy (non-hydrogen) atoms. The summed E-state index contributed by atoms with van der Waals surface area (Å²) in [5, 5.41) is 0. The molecule has 0 N–H and O–H groups in total. The summed E-state index contributed by atoms with van der Waals surface area (Å²) in [6.45, 7) is -0.0349. The summed E-state index contributed by atoms with van der Waals surface area (Å²) in [7, 11) is -4.27. The van der Waals surface area contributed by atoms with Crippen LogP contribution in [0.4, 0.5) is 0 Å². The molecule has 0 heterocycles. The molecule has 100 valence electrons. The van der Waals surface area contributed by atoms with Gasteiger partial charge in [-0.25, -0.2) is 0 Å². The first-order valence-corrected chi connectivity index (χ1v) is 7.30. The Balaban J connectivity index is 0.00000200. The van der Waals surface area contributed by atoms with Crippen LogP contribution in [0.1, 0.15) is 11.1 Å². The van der Waals surface area contributed by atoms with Gasteiger partial charge in [0.1, 0.15) is 0 Å². The van der Waals surface area contributed by atoms with Gasteiger partial charge in [-0.15, -0.1) is 0 Å². The van der Waals surface area contributed by atoms with E-state index in [1.807, 2.05) is 36.4 Å². The maximum Gasteiger partial charge on any atom is 1.00 e. The maximum atomic E-state index is 11.6. The number of benzene rings is 2. The zero-order valence-corrected chi connectivity index (χ0v) is 14.2. The molecule has 2 aromatic rings. The van der Waals surface area contributed by atoms with E-state index in [0.717, 1.165) is 11.1 Å². The monoisotopic (exact) mass is 300 g/mol. The fourth-order valence-electron chi connectivity index (χ4n) is 1.49. The molecule has 0 aliphatic rings. The Hall–Kier alpha value is -0.450. The summed E-state index contributed by atoms with van der Waals surface area (Å²) in [5.74, 6) is 0. The molecule has 0 unspecified atom stereocenters. The van der Waals surface area contributed by atoms with Gasteiger partial charge in [0.2, 0.25) is 0 Å². The van der Waals surface area contributed by atoms with E-state index >= 15 is 0 Å². The van der Waals surface area contributed by atoms with Gasteiger partial charge in [0, 0.05) is 0 Å². The summed E-state index contributed by atoms with van der Waals surface area (Å²) in [5.41, 5.74) is 1.56. The summed E-state index contributed by atoms with van der Waals surface area (Å²) >= 11 is 0. The number of hydrogen-bond acceptors (Lipinski definition) is 4.